The summed E-state index contributed by atoms with van der Waals surface area (Å²) in [6.07, 6.45) is 1.48. The van der Waals surface area contributed by atoms with E-state index in [9.17, 15) is 13.2 Å². The monoisotopic (exact) mass is 350 g/mol. The highest BCUT2D eigenvalue weighted by Gasteiger charge is 2.13. The van der Waals surface area contributed by atoms with Crippen LogP contribution in [0.1, 0.15) is 10.4 Å². The van der Waals surface area contributed by atoms with Crippen molar-refractivity contribution in [1.29, 1.82) is 0 Å². The number of hydrogen-bond donors (Lipinski definition) is 2. The summed E-state index contributed by atoms with van der Waals surface area (Å²) in [4.78, 5) is 15.6. The van der Waals surface area contributed by atoms with Gasteiger partial charge in [-0.3, -0.25) is 4.72 Å². The minimum absolute atomic E-state index is 0.206. The molecule has 128 valence electrons. The number of carbonyl (C=O) groups excluding carboxylic acids is 1. The van der Waals surface area contributed by atoms with Crippen molar-refractivity contribution in [1.82, 2.24) is 9.29 Å². The molecule has 0 aliphatic carbocycles. The third-order valence-corrected chi connectivity index (χ3v) is 4.48. The summed E-state index contributed by atoms with van der Waals surface area (Å²) in [5.74, 6) is -0.220. The fourth-order valence-electron chi connectivity index (χ4n) is 1.76. The predicted octanol–water partition coefficient (Wildman–Crippen LogP) is 1.83. The molecule has 2 rings (SSSR count). The van der Waals surface area contributed by atoms with Crippen molar-refractivity contribution in [2.24, 2.45) is 0 Å². The van der Waals surface area contributed by atoms with Crippen molar-refractivity contribution in [3.8, 4) is 0 Å². The number of nitrogens with zero attached hydrogens (tertiary/aromatic N) is 2. The molecule has 0 saturated carbocycles. The van der Waals surface area contributed by atoms with Crippen LogP contribution < -0.4 is 10.0 Å². The Hall–Kier alpha value is -2.65. The third kappa shape index (κ3) is 4.43. The topological polar surface area (TPSA) is 101 Å². The molecular formula is C15H18N4O4S. The van der Waals surface area contributed by atoms with E-state index >= 15 is 0 Å². The molecule has 1 aromatic carbocycles. The molecule has 0 atom stereocenters. The van der Waals surface area contributed by atoms with Crippen molar-refractivity contribution in [3.05, 3.63) is 48.2 Å². The van der Waals surface area contributed by atoms with Gasteiger partial charge in [0.05, 0.1) is 24.6 Å². The molecule has 8 nitrogen and oxygen atoms in total. The summed E-state index contributed by atoms with van der Waals surface area (Å²) < 4.78 is 31.5. The summed E-state index contributed by atoms with van der Waals surface area (Å²) in [6, 6.07) is 10.0. The van der Waals surface area contributed by atoms with E-state index in [4.69, 9.17) is 0 Å². The number of hydrogen-bond acceptors (Lipinski definition) is 6. The van der Waals surface area contributed by atoms with Crippen molar-refractivity contribution in [2.45, 2.75) is 0 Å². The first kappa shape index (κ1) is 17.7. The summed E-state index contributed by atoms with van der Waals surface area (Å²) in [5, 5.41) is 3.08. The Balaban J connectivity index is 2.11. The Kier molecular flexibility index (Phi) is 5.37. The SMILES string of the molecule is COC(=O)c1cccc(Nc2ccc(NS(=O)(=O)N(C)C)nc2)c1. The van der Waals surface area contributed by atoms with Gasteiger partial charge < -0.3 is 10.1 Å². The zero-order valence-corrected chi connectivity index (χ0v) is 14.3. The van der Waals surface area contributed by atoms with Gasteiger partial charge >= 0.3 is 16.2 Å². The van der Waals surface area contributed by atoms with Crippen LogP contribution in [0.4, 0.5) is 17.2 Å². The minimum atomic E-state index is -3.59. The van der Waals surface area contributed by atoms with E-state index in [1.807, 2.05) is 0 Å². The van der Waals surface area contributed by atoms with Gasteiger partial charge in [-0.25, -0.2) is 9.78 Å². The van der Waals surface area contributed by atoms with Crippen LogP contribution in [0.15, 0.2) is 42.6 Å². The molecule has 0 fully saturated rings. The fourth-order valence-corrected chi connectivity index (χ4v) is 2.33. The largest absolute Gasteiger partial charge is 0.465 e. The molecule has 0 spiro atoms. The lowest BCUT2D eigenvalue weighted by Gasteiger charge is -2.13. The third-order valence-electron chi connectivity index (χ3n) is 3.05. The quantitative estimate of drug-likeness (QED) is 0.771. The number of rotatable bonds is 6. The van der Waals surface area contributed by atoms with Crippen LogP contribution >= 0.6 is 0 Å². The highest BCUT2D eigenvalue weighted by molar-refractivity contribution is 7.90. The maximum atomic E-state index is 11.7. The van der Waals surface area contributed by atoms with E-state index in [1.165, 1.54) is 33.5 Å². The lowest BCUT2D eigenvalue weighted by molar-refractivity contribution is 0.0601. The van der Waals surface area contributed by atoms with Gasteiger partial charge in [-0.05, 0) is 30.3 Å². The number of carbonyl (C=O) groups is 1. The highest BCUT2D eigenvalue weighted by Crippen LogP contribution is 2.19. The average molecular weight is 350 g/mol. The van der Waals surface area contributed by atoms with Gasteiger partial charge in [0.25, 0.3) is 0 Å². The molecule has 2 N–H and O–H groups in total. The first-order valence-electron chi connectivity index (χ1n) is 6.93. The molecule has 2 aromatic rings. The standard InChI is InChI=1S/C15H18N4O4S/c1-19(2)24(21,22)18-14-8-7-13(10-16-14)17-12-6-4-5-11(9-12)15(20)23-3/h4-10,17H,1-3H3,(H,16,18). The van der Waals surface area contributed by atoms with E-state index < -0.39 is 16.2 Å². The number of ether oxygens (including phenoxy) is 1. The van der Waals surface area contributed by atoms with Crippen LogP contribution in [-0.2, 0) is 14.9 Å². The number of esters is 1. The Morgan fingerprint density at radius 1 is 1.17 bits per heavy atom. The van der Waals surface area contributed by atoms with E-state index in [2.05, 4.69) is 19.8 Å². The molecule has 0 aliphatic rings. The number of pyridine rings is 1. The van der Waals surface area contributed by atoms with Crippen LogP contribution in [0.25, 0.3) is 0 Å². The minimum Gasteiger partial charge on any atom is -0.465 e. The lowest BCUT2D eigenvalue weighted by Crippen LogP contribution is -2.29. The van der Waals surface area contributed by atoms with Gasteiger partial charge in [0, 0.05) is 19.8 Å². The molecule has 1 heterocycles. The van der Waals surface area contributed by atoms with Crippen molar-refractivity contribution in [3.63, 3.8) is 0 Å². The lowest BCUT2D eigenvalue weighted by atomic mass is 10.2. The van der Waals surface area contributed by atoms with E-state index in [-0.39, 0.29) is 5.82 Å². The molecule has 0 amide bonds. The summed E-state index contributed by atoms with van der Waals surface area (Å²) in [7, 11) is 0.574. The molecule has 0 unspecified atom stereocenters. The van der Waals surface area contributed by atoms with E-state index in [0.29, 0.717) is 16.9 Å². The summed E-state index contributed by atoms with van der Waals surface area (Å²) in [5.41, 5.74) is 1.75. The molecule has 9 heteroatoms. The van der Waals surface area contributed by atoms with Crippen LogP contribution in [0, 0.1) is 0 Å². The van der Waals surface area contributed by atoms with E-state index in [1.54, 1.807) is 30.3 Å². The maximum absolute atomic E-state index is 11.7. The first-order chi connectivity index (χ1) is 11.3. The van der Waals surface area contributed by atoms with Crippen LogP contribution in [0.2, 0.25) is 0 Å². The Morgan fingerprint density at radius 2 is 1.92 bits per heavy atom. The van der Waals surface area contributed by atoms with Gasteiger partial charge in [0.2, 0.25) is 0 Å². The zero-order chi connectivity index (χ0) is 17.7. The summed E-state index contributed by atoms with van der Waals surface area (Å²) in [6.45, 7) is 0. The molecule has 0 radical (unpaired) electrons. The van der Waals surface area contributed by atoms with Gasteiger partial charge in [0.15, 0.2) is 0 Å². The van der Waals surface area contributed by atoms with Gasteiger partial charge in [-0.2, -0.15) is 12.7 Å². The second-order valence-corrected chi connectivity index (χ2v) is 6.90. The maximum Gasteiger partial charge on any atom is 0.337 e. The Bertz CT molecular complexity index is 820. The number of methoxy groups -OCH3 is 1. The predicted molar refractivity (Wildman–Crippen MR) is 91.5 cm³/mol. The molecule has 0 bridgehead atoms. The molecule has 1 aromatic heterocycles. The molecule has 0 saturated heterocycles. The molecular weight excluding hydrogens is 332 g/mol. The van der Waals surface area contributed by atoms with Crippen LogP contribution in [0.5, 0.6) is 0 Å². The zero-order valence-electron chi connectivity index (χ0n) is 13.5. The van der Waals surface area contributed by atoms with Gasteiger partial charge in [-0.15, -0.1) is 0 Å². The second-order valence-electron chi connectivity index (χ2n) is 5.02. The van der Waals surface area contributed by atoms with Crippen LogP contribution in [-0.4, -0.2) is 44.9 Å². The van der Waals surface area contributed by atoms with Crippen molar-refractivity contribution < 1.29 is 17.9 Å². The number of benzene rings is 1. The highest BCUT2D eigenvalue weighted by atomic mass is 32.2. The van der Waals surface area contributed by atoms with Crippen LogP contribution in [0.3, 0.4) is 0 Å². The number of aromatic nitrogens is 1. The van der Waals surface area contributed by atoms with Crippen molar-refractivity contribution >= 4 is 33.4 Å². The van der Waals surface area contributed by atoms with E-state index in [0.717, 1.165) is 4.31 Å². The van der Waals surface area contributed by atoms with Crippen molar-refractivity contribution in [2.75, 3.05) is 31.2 Å². The Morgan fingerprint density at radius 3 is 2.50 bits per heavy atom. The second kappa shape index (κ2) is 7.28. The number of nitrogens with one attached hydrogen (secondary N) is 2. The Labute approximate surface area is 140 Å². The first-order valence-corrected chi connectivity index (χ1v) is 8.37. The summed E-state index contributed by atoms with van der Waals surface area (Å²) >= 11 is 0. The number of anilines is 3. The fraction of sp³-hybridized carbons (Fsp3) is 0.200. The normalized spacial score (nSPS) is 11.2. The average Bonchev–Trinajstić information content (AvgIpc) is 2.56. The van der Waals surface area contributed by atoms with Gasteiger partial charge in [-0.1, -0.05) is 6.07 Å². The smallest absolute Gasteiger partial charge is 0.337 e. The molecule has 0 aliphatic heterocycles. The van der Waals surface area contributed by atoms with Gasteiger partial charge in [0.1, 0.15) is 5.82 Å². The molecule has 24 heavy (non-hydrogen) atoms.